The van der Waals surface area contributed by atoms with Gasteiger partial charge in [-0.05, 0) is 24.3 Å². The molecule has 27 heavy (non-hydrogen) atoms. The van der Waals surface area contributed by atoms with Crippen LogP contribution < -0.4 is 4.74 Å². The van der Waals surface area contributed by atoms with Crippen LogP contribution in [0.4, 0.5) is 0 Å². The molecule has 0 unspecified atom stereocenters. The average Bonchev–Trinajstić information content (AvgIpc) is 3.29. The molecule has 3 aromatic rings. The fraction of sp³-hybridized carbons (Fsp3) is 0.278. The van der Waals surface area contributed by atoms with Crippen LogP contribution in [-0.4, -0.2) is 38.4 Å². The minimum Gasteiger partial charge on any atom is -0.484 e. The molecule has 0 bridgehead atoms. The number of benzene rings is 1. The predicted molar refractivity (Wildman–Crippen MR) is 103 cm³/mol. The van der Waals surface area contributed by atoms with Crippen LogP contribution in [0.15, 0.2) is 52.2 Å². The number of furan rings is 1. The van der Waals surface area contributed by atoms with E-state index in [4.69, 9.17) is 20.8 Å². The molecular formula is C18H19ClN4O3S. The van der Waals surface area contributed by atoms with Gasteiger partial charge in [0.15, 0.2) is 11.0 Å². The monoisotopic (exact) mass is 406 g/mol. The van der Waals surface area contributed by atoms with Crippen molar-refractivity contribution in [3.63, 3.8) is 0 Å². The molecule has 0 fully saturated rings. The topological polar surface area (TPSA) is 73.4 Å². The van der Waals surface area contributed by atoms with Crippen LogP contribution >= 0.6 is 23.4 Å². The Morgan fingerprint density at radius 1 is 1.30 bits per heavy atom. The van der Waals surface area contributed by atoms with Gasteiger partial charge in [-0.15, -0.1) is 10.2 Å². The van der Waals surface area contributed by atoms with Crippen LogP contribution in [0.2, 0.25) is 5.02 Å². The molecular weight excluding hydrogens is 388 g/mol. The zero-order chi connectivity index (χ0) is 19.2. The van der Waals surface area contributed by atoms with Gasteiger partial charge in [0, 0.05) is 14.1 Å². The first-order chi connectivity index (χ1) is 13.0. The van der Waals surface area contributed by atoms with Crippen molar-refractivity contribution in [3.8, 4) is 5.75 Å². The van der Waals surface area contributed by atoms with Crippen LogP contribution in [0.5, 0.6) is 5.75 Å². The van der Waals surface area contributed by atoms with Crippen LogP contribution in [0.3, 0.4) is 0 Å². The van der Waals surface area contributed by atoms with Crippen molar-refractivity contribution in [1.82, 2.24) is 19.7 Å². The second kappa shape index (κ2) is 8.96. The van der Waals surface area contributed by atoms with Crippen molar-refractivity contribution >= 4 is 29.3 Å². The molecule has 0 atom stereocenters. The summed E-state index contributed by atoms with van der Waals surface area (Å²) >= 11 is 7.41. The summed E-state index contributed by atoms with van der Waals surface area (Å²) in [4.78, 5) is 13.9. The number of rotatable bonds is 8. The number of thioether (sulfide) groups is 1. The smallest absolute Gasteiger partial charge is 0.233 e. The highest BCUT2D eigenvalue weighted by molar-refractivity contribution is 7.99. The number of para-hydroxylation sites is 1. The molecule has 1 aromatic carbocycles. The van der Waals surface area contributed by atoms with E-state index < -0.39 is 0 Å². The first-order valence-corrected chi connectivity index (χ1v) is 9.55. The van der Waals surface area contributed by atoms with Gasteiger partial charge in [-0.2, -0.15) is 0 Å². The zero-order valence-corrected chi connectivity index (χ0v) is 16.5. The number of ether oxygens (including phenoxy) is 1. The van der Waals surface area contributed by atoms with Crippen LogP contribution in [0.1, 0.15) is 11.6 Å². The molecule has 0 aliphatic rings. The van der Waals surface area contributed by atoms with Crippen molar-refractivity contribution in [2.45, 2.75) is 18.3 Å². The quantitative estimate of drug-likeness (QED) is 0.534. The first-order valence-electron chi connectivity index (χ1n) is 8.19. The molecule has 0 saturated heterocycles. The zero-order valence-electron chi connectivity index (χ0n) is 15.0. The number of carbonyl (C=O) groups is 1. The Morgan fingerprint density at radius 3 is 2.85 bits per heavy atom. The summed E-state index contributed by atoms with van der Waals surface area (Å²) in [6, 6.07) is 10.9. The molecule has 0 aliphatic carbocycles. The Kier molecular flexibility index (Phi) is 6.41. The van der Waals surface area contributed by atoms with Gasteiger partial charge in [-0.1, -0.05) is 35.5 Å². The van der Waals surface area contributed by atoms with Crippen LogP contribution in [0.25, 0.3) is 0 Å². The number of amides is 1. The van der Waals surface area contributed by atoms with Crippen LogP contribution in [0, 0.1) is 0 Å². The fourth-order valence-electron chi connectivity index (χ4n) is 2.26. The summed E-state index contributed by atoms with van der Waals surface area (Å²) in [6.07, 6.45) is 1.59. The van der Waals surface area contributed by atoms with E-state index in [0.29, 0.717) is 28.3 Å². The van der Waals surface area contributed by atoms with E-state index in [1.54, 1.807) is 41.0 Å². The average molecular weight is 407 g/mol. The maximum absolute atomic E-state index is 12.3. The Labute approximate surface area is 166 Å². The maximum atomic E-state index is 12.3. The van der Waals surface area contributed by atoms with E-state index >= 15 is 0 Å². The van der Waals surface area contributed by atoms with Crippen molar-refractivity contribution in [2.24, 2.45) is 7.05 Å². The molecule has 7 nitrogen and oxygen atoms in total. The lowest BCUT2D eigenvalue weighted by Gasteiger charge is -2.15. The molecule has 2 aromatic heterocycles. The number of nitrogens with zero attached hydrogens (tertiary/aromatic N) is 4. The van der Waals surface area contributed by atoms with E-state index in [0.717, 1.165) is 5.76 Å². The molecule has 3 rings (SSSR count). The van der Waals surface area contributed by atoms with Gasteiger partial charge in [-0.3, -0.25) is 4.79 Å². The van der Waals surface area contributed by atoms with Gasteiger partial charge in [0.05, 0.1) is 23.6 Å². The van der Waals surface area contributed by atoms with E-state index in [-0.39, 0.29) is 18.3 Å². The van der Waals surface area contributed by atoms with Crippen molar-refractivity contribution in [2.75, 3.05) is 12.8 Å². The third kappa shape index (κ3) is 5.05. The Hall–Kier alpha value is -2.45. The summed E-state index contributed by atoms with van der Waals surface area (Å²) in [7, 11) is 3.58. The minimum absolute atomic E-state index is 0.0201. The van der Waals surface area contributed by atoms with E-state index in [1.807, 2.05) is 25.2 Å². The molecule has 2 heterocycles. The third-order valence-electron chi connectivity index (χ3n) is 3.84. The SMILES string of the molecule is CN(Cc1ccco1)C(=O)CSc1nnc(COc2ccccc2Cl)n1C. The predicted octanol–water partition coefficient (Wildman–Crippen LogP) is 3.39. The number of hydrogen-bond donors (Lipinski definition) is 0. The normalized spacial score (nSPS) is 10.8. The Balaban J connectivity index is 1.52. The van der Waals surface area contributed by atoms with Gasteiger partial charge in [0.2, 0.25) is 5.91 Å². The van der Waals surface area contributed by atoms with Gasteiger partial charge in [0.1, 0.15) is 18.1 Å². The lowest BCUT2D eigenvalue weighted by Crippen LogP contribution is -2.27. The standard InChI is InChI=1S/C18H19ClN4O3S/c1-22(10-13-6-5-9-25-13)17(24)12-27-18-21-20-16(23(18)2)11-26-15-8-4-3-7-14(15)19/h3-9H,10-12H2,1-2H3. The highest BCUT2D eigenvalue weighted by Crippen LogP contribution is 2.24. The Bertz CT molecular complexity index is 898. The van der Waals surface area contributed by atoms with E-state index in [9.17, 15) is 4.79 Å². The first kappa shape index (κ1) is 19.3. The molecule has 0 N–H and O–H groups in total. The number of carbonyl (C=O) groups excluding carboxylic acids is 1. The molecule has 0 radical (unpaired) electrons. The molecule has 1 amide bonds. The van der Waals surface area contributed by atoms with Crippen molar-refractivity contribution in [3.05, 3.63) is 59.3 Å². The number of halogens is 1. The Morgan fingerprint density at radius 2 is 2.11 bits per heavy atom. The van der Waals surface area contributed by atoms with Crippen LogP contribution in [-0.2, 0) is 25.0 Å². The van der Waals surface area contributed by atoms with E-state index in [1.165, 1.54) is 11.8 Å². The second-order valence-electron chi connectivity index (χ2n) is 5.79. The summed E-state index contributed by atoms with van der Waals surface area (Å²) in [5, 5.41) is 9.45. The summed E-state index contributed by atoms with van der Waals surface area (Å²) in [6.45, 7) is 0.669. The third-order valence-corrected chi connectivity index (χ3v) is 5.16. The molecule has 9 heteroatoms. The lowest BCUT2D eigenvalue weighted by molar-refractivity contribution is -0.127. The van der Waals surface area contributed by atoms with Crippen molar-refractivity contribution in [1.29, 1.82) is 0 Å². The molecule has 142 valence electrons. The molecule has 0 aliphatic heterocycles. The number of aromatic nitrogens is 3. The largest absolute Gasteiger partial charge is 0.484 e. The summed E-state index contributed by atoms with van der Waals surface area (Å²) in [5.74, 6) is 2.22. The lowest BCUT2D eigenvalue weighted by atomic mass is 10.3. The summed E-state index contributed by atoms with van der Waals surface area (Å²) in [5.41, 5.74) is 0. The second-order valence-corrected chi connectivity index (χ2v) is 7.14. The highest BCUT2D eigenvalue weighted by atomic mass is 35.5. The molecule has 0 spiro atoms. The van der Waals surface area contributed by atoms with Gasteiger partial charge < -0.3 is 18.6 Å². The van der Waals surface area contributed by atoms with Gasteiger partial charge in [0.25, 0.3) is 0 Å². The summed E-state index contributed by atoms with van der Waals surface area (Å²) < 4.78 is 12.8. The fourth-order valence-corrected chi connectivity index (χ4v) is 3.32. The van der Waals surface area contributed by atoms with E-state index in [2.05, 4.69) is 10.2 Å². The van der Waals surface area contributed by atoms with Gasteiger partial charge in [-0.25, -0.2) is 0 Å². The highest BCUT2D eigenvalue weighted by Gasteiger charge is 2.15. The minimum atomic E-state index is -0.0201. The number of hydrogen-bond acceptors (Lipinski definition) is 6. The maximum Gasteiger partial charge on any atom is 0.233 e. The van der Waals surface area contributed by atoms with Crippen molar-refractivity contribution < 1.29 is 13.9 Å². The molecule has 0 saturated carbocycles. The van der Waals surface area contributed by atoms with Gasteiger partial charge >= 0.3 is 0 Å².